The van der Waals surface area contributed by atoms with Crippen LogP contribution in [-0.2, 0) is 4.79 Å². The minimum absolute atomic E-state index is 0.0207. The second-order valence-corrected chi connectivity index (χ2v) is 4.25. The first-order chi connectivity index (χ1) is 8.24. The monoisotopic (exact) mass is 240 g/mol. The normalized spacial score (nSPS) is 11.3. The van der Waals surface area contributed by atoms with Gasteiger partial charge in [0.25, 0.3) is 0 Å². The van der Waals surface area contributed by atoms with Gasteiger partial charge in [0.05, 0.1) is 6.67 Å². The fraction of sp³-hybridized carbons (Fsp3) is 0.786. The molecule has 0 radical (unpaired) electrons. The van der Waals surface area contributed by atoms with Crippen LogP contribution in [-0.4, -0.2) is 30.6 Å². The smallest absolute Gasteiger partial charge is 0.244 e. The molecule has 0 heterocycles. The average Bonchev–Trinajstić information content (AvgIpc) is 2.35. The molecule has 0 aromatic carbocycles. The van der Waals surface area contributed by atoms with E-state index < -0.39 is 0 Å². The molecule has 1 N–H and O–H groups in total. The van der Waals surface area contributed by atoms with Crippen LogP contribution in [0.5, 0.6) is 0 Å². The predicted molar refractivity (Wildman–Crippen MR) is 73.8 cm³/mol. The summed E-state index contributed by atoms with van der Waals surface area (Å²) >= 11 is 0. The number of hydrogen-bond acceptors (Lipinski definition) is 2. The molecule has 0 aliphatic rings. The molecule has 100 valence electrons. The molecule has 0 aliphatic heterocycles. The second kappa shape index (κ2) is 11.6. The van der Waals surface area contributed by atoms with Crippen molar-refractivity contribution in [2.24, 2.45) is 0 Å². The Hall–Kier alpha value is -0.830. The molecule has 0 bridgehead atoms. The maximum atomic E-state index is 11.4. The van der Waals surface area contributed by atoms with E-state index in [1.54, 1.807) is 6.08 Å². The van der Waals surface area contributed by atoms with Crippen molar-refractivity contribution in [3.05, 3.63) is 12.2 Å². The third kappa shape index (κ3) is 10.1. The van der Waals surface area contributed by atoms with Gasteiger partial charge >= 0.3 is 0 Å². The van der Waals surface area contributed by atoms with Gasteiger partial charge in [-0.2, -0.15) is 0 Å². The molecule has 1 amide bonds. The summed E-state index contributed by atoms with van der Waals surface area (Å²) in [5.74, 6) is 0.0207. The number of rotatable bonds is 10. The van der Waals surface area contributed by atoms with Gasteiger partial charge in [0.2, 0.25) is 5.91 Å². The minimum Gasteiger partial charge on any atom is -0.340 e. The van der Waals surface area contributed by atoms with Gasteiger partial charge in [-0.15, -0.1) is 0 Å². The molecule has 0 aliphatic carbocycles. The summed E-state index contributed by atoms with van der Waals surface area (Å²) in [6, 6.07) is 0. The van der Waals surface area contributed by atoms with Gasteiger partial charge in [-0.05, 0) is 32.0 Å². The van der Waals surface area contributed by atoms with Crippen LogP contribution in [0.4, 0.5) is 0 Å². The Labute approximate surface area is 106 Å². The van der Waals surface area contributed by atoms with Crippen molar-refractivity contribution < 1.29 is 4.79 Å². The molecule has 0 aromatic heterocycles. The van der Waals surface area contributed by atoms with Crippen LogP contribution in [0.3, 0.4) is 0 Å². The lowest BCUT2D eigenvalue weighted by Gasteiger charge is -2.17. The molecule has 17 heavy (non-hydrogen) atoms. The largest absolute Gasteiger partial charge is 0.340 e. The van der Waals surface area contributed by atoms with Gasteiger partial charge in [-0.1, -0.05) is 46.1 Å². The predicted octanol–water partition coefficient (Wildman–Crippen LogP) is 2.93. The molecule has 0 atom stereocenters. The quantitative estimate of drug-likeness (QED) is 0.362. The Bertz CT molecular complexity index is 210. The van der Waals surface area contributed by atoms with Crippen molar-refractivity contribution in [1.29, 1.82) is 0 Å². The number of carbonyl (C=O) groups is 1. The van der Waals surface area contributed by atoms with Crippen LogP contribution in [0.2, 0.25) is 0 Å². The standard InChI is InChI=1S/C14H28N2O/c1-4-7-8-9-10-11-12-14(17)15-13-16(5-2)6-3/h11-12H,4-10,13H2,1-3H3,(H,15,17)/b12-11+. The Morgan fingerprint density at radius 2 is 1.82 bits per heavy atom. The van der Waals surface area contributed by atoms with Crippen molar-refractivity contribution in [3.63, 3.8) is 0 Å². The van der Waals surface area contributed by atoms with Gasteiger partial charge in [0, 0.05) is 0 Å². The van der Waals surface area contributed by atoms with Gasteiger partial charge in [-0.25, -0.2) is 0 Å². The number of carbonyl (C=O) groups excluding carboxylic acids is 1. The zero-order chi connectivity index (χ0) is 12.9. The van der Waals surface area contributed by atoms with Crippen LogP contribution in [0.15, 0.2) is 12.2 Å². The van der Waals surface area contributed by atoms with Crippen LogP contribution in [0, 0.1) is 0 Å². The Balaban J connectivity index is 3.53. The van der Waals surface area contributed by atoms with Gasteiger partial charge in [0.15, 0.2) is 0 Å². The number of amides is 1. The molecule has 3 nitrogen and oxygen atoms in total. The Kier molecular flexibility index (Phi) is 11.1. The summed E-state index contributed by atoms with van der Waals surface area (Å²) in [4.78, 5) is 13.6. The van der Waals surface area contributed by atoms with Gasteiger partial charge in [0.1, 0.15) is 0 Å². The van der Waals surface area contributed by atoms with E-state index >= 15 is 0 Å². The molecule has 0 rings (SSSR count). The number of unbranched alkanes of at least 4 members (excludes halogenated alkanes) is 4. The maximum Gasteiger partial charge on any atom is 0.244 e. The highest BCUT2D eigenvalue weighted by Gasteiger charge is 1.99. The van der Waals surface area contributed by atoms with E-state index in [2.05, 4.69) is 31.0 Å². The van der Waals surface area contributed by atoms with E-state index in [9.17, 15) is 4.79 Å². The van der Waals surface area contributed by atoms with E-state index in [1.165, 1.54) is 25.7 Å². The number of nitrogens with zero attached hydrogens (tertiary/aromatic N) is 1. The molecule has 0 unspecified atom stereocenters. The highest BCUT2D eigenvalue weighted by molar-refractivity contribution is 5.87. The zero-order valence-electron chi connectivity index (χ0n) is 11.7. The van der Waals surface area contributed by atoms with E-state index in [1.807, 2.05) is 6.08 Å². The molecule has 0 spiro atoms. The molecule has 0 fully saturated rings. The molecular weight excluding hydrogens is 212 g/mol. The van der Waals surface area contributed by atoms with Crippen molar-refractivity contribution >= 4 is 5.91 Å². The first-order valence-electron chi connectivity index (χ1n) is 6.91. The third-order valence-corrected chi connectivity index (χ3v) is 2.86. The van der Waals surface area contributed by atoms with Crippen LogP contribution < -0.4 is 5.32 Å². The highest BCUT2D eigenvalue weighted by Crippen LogP contribution is 2.02. The van der Waals surface area contributed by atoms with Crippen LogP contribution in [0.1, 0.15) is 52.9 Å². The van der Waals surface area contributed by atoms with Gasteiger partial charge in [-0.3, -0.25) is 9.69 Å². The highest BCUT2D eigenvalue weighted by atomic mass is 16.1. The lowest BCUT2D eigenvalue weighted by Crippen LogP contribution is -2.36. The number of nitrogens with one attached hydrogen (secondary N) is 1. The van der Waals surface area contributed by atoms with Crippen molar-refractivity contribution in [2.75, 3.05) is 19.8 Å². The summed E-state index contributed by atoms with van der Waals surface area (Å²) < 4.78 is 0. The van der Waals surface area contributed by atoms with E-state index in [0.717, 1.165) is 19.5 Å². The van der Waals surface area contributed by atoms with E-state index in [0.29, 0.717) is 6.67 Å². The Morgan fingerprint density at radius 1 is 1.12 bits per heavy atom. The average molecular weight is 240 g/mol. The summed E-state index contributed by atoms with van der Waals surface area (Å²) in [7, 11) is 0. The van der Waals surface area contributed by atoms with Crippen LogP contribution >= 0.6 is 0 Å². The number of allylic oxidation sites excluding steroid dienone is 1. The molecule has 0 saturated heterocycles. The summed E-state index contributed by atoms with van der Waals surface area (Å²) in [5.41, 5.74) is 0. The molecule has 0 aromatic rings. The Morgan fingerprint density at radius 3 is 2.41 bits per heavy atom. The fourth-order valence-corrected chi connectivity index (χ4v) is 1.58. The minimum atomic E-state index is 0.0207. The van der Waals surface area contributed by atoms with Gasteiger partial charge < -0.3 is 5.32 Å². The summed E-state index contributed by atoms with van der Waals surface area (Å²) in [6.07, 6.45) is 9.66. The zero-order valence-corrected chi connectivity index (χ0v) is 11.7. The van der Waals surface area contributed by atoms with Crippen molar-refractivity contribution in [2.45, 2.75) is 52.9 Å². The lowest BCUT2D eigenvalue weighted by molar-refractivity contribution is -0.117. The van der Waals surface area contributed by atoms with Crippen LogP contribution in [0.25, 0.3) is 0 Å². The lowest BCUT2D eigenvalue weighted by atomic mass is 10.1. The maximum absolute atomic E-state index is 11.4. The third-order valence-electron chi connectivity index (χ3n) is 2.86. The number of hydrogen-bond donors (Lipinski definition) is 1. The molecule has 0 saturated carbocycles. The first kappa shape index (κ1) is 16.2. The first-order valence-corrected chi connectivity index (χ1v) is 6.91. The molecule has 3 heteroatoms. The second-order valence-electron chi connectivity index (χ2n) is 4.25. The SMILES string of the molecule is CCCCCC/C=C/C(=O)NCN(CC)CC. The topological polar surface area (TPSA) is 32.3 Å². The van der Waals surface area contributed by atoms with Crippen molar-refractivity contribution in [3.8, 4) is 0 Å². The summed E-state index contributed by atoms with van der Waals surface area (Å²) in [5, 5.41) is 2.89. The molecular formula is C14H28N2O. The van der Waals surface area contributed by atoms with E-state index in [-0.39, 0.29) is 5.91 Å². The summed E-state index contributed by atoms with van der Waals surface area (Å²) in [6.45, 7) is 8.98. The van der Waals surface area contributed by atoms with Crippen molar-refractivity contribution in [1.82, 2.24) is 10.2 Å². The fourth-order valence-electron chi connectivity index (χ4n) is 1.58. The van der Waals surface area contributed by atoms with E-state index in [4.69, 9.17) is 0 Å².